The molecule has 1 fully saturated rings. The van der Waals surface area contributed by atoms with Crippen molar-refractivity contribution in [1.29, 1.82) is 0 Å². The van der Waals surface area contributed by atoms with Gasteiger partial charge in [-0.05, 0) is 68.6 Å². The summed E-state index contributed by atoms with van der Waals surface area (Å²) >= 11 is 0. The molecule has 0 spiro atoms. The molecule has 0 heterocycles. The fourth-order valence-electron chi connectivity index (χ4n) is 5.99. The van der Waals surface area contributed by atoms with Gasteiger partial charge in [0.15, 0.2) is 0 Å². The van der Waals surface area contributed by atoms with E-state index in [1.165, 1.54) is 25.8 Å². The Morgan fingerprint density at radius 3 is 2.46 bits per heavy atom. The monoisotopic (exact) mass is 392 g/mol. The van der Waals surface area contributed by atoms with Gasteiger partial charge >= 0.3 is 11.9 Å². The van der Waals surface area contributed by atoms with E-state index in [1.54, 1.807) is 0 Å². The Morgan fingerprint density at radius 2 is 1.86 bits per heavy atom. The average molecular weight is 393 g/mol. The van der Waals surface area contributed by atoms with E-state index in [0.717, 1.165) is 32.1 Å². The Hall–Kier alpha value is -1.32. The molecular formula is C24H40O4. The Kier molecular flexibility index (Phi) is 7.38. The van der Waals surface area contributed by atoms with Crippen LogP contribution in [0, 0.1) is 28.6 Å². The minimum absolute atomic E-state index is 0.0122. The highest BCUT2D eigenvalue weighted by Crippen LogP contribution is 2.61. The summed E-state index contributed by atoms with van der Waals surface area (Å²) in [6.45, 7) is 15.1. The lowest BCUT2D eigenvalue weighted by atomic mass is 9.47. The molecule has 0 radical (unpaired) electrons. The molecule has 5 atom stereocenters. The number of hydrogen-bond donors (Lipinski definition) is 0. The summed E-state index contributed by atoms with van der Waals surface area (Å²) < 4.78 is 10.8. The van der Waals surface area contributed by atoms with E-state index < -0.39 is 0 Å². The smallest absolute Gasteiger partial charge is 0.302 e. The third-order valence-corrected chi connectivity index (χ3v) is 7.66. The standard InChI is InChI=1S/C24H40O4/c1-16(13-15-27-18(3)25)8-10-20-17(2)9-11-21-23(5,6)22(28-19(4)26)12-14-24(20,21)7/h9,16,20-22H,8,10-15H2,1-7H3/t16?,20-,21-,22-,24+/m1/s1. The van der Waals surface area contributed by atoms with Crippen LogP contribution in [0.4, 0.5) is 0 Å². The van der Waals surface area contributed by atoms with Gasteiger partial charge in [0.05, 0.1) is 6.61 Å². The van der Waals surface area contributed by atoms with Crippen molar-refractivity contribution in [3.05, 3.63) is 11.6 Å². The minimum Gasteiger partial charge on any atom is -0.466 e. The molecule has 28 heavy (non-hydrogen) atoms. The summed E-state index contributed by atoms with van der Waals surface area (Å²) in [5.41, 5.74) is 1.75. The van der Waals surface area contributed by atoms with E-state index in [9.17, 15) is 9.59 Å². The van der Waals surface area contributed by atoms with E-state index in [0.29, 0.717) is 24.4 Å². The SMILES string of the molecule is CC(=O)OCCC(C)CC[C@@H]1C(C)=CC[C@@H]2C(C)(C)[C@H](OC(C)=O)CC[C@@]12C. The Morgan fingerprint density at radius 1 is 1.18 bits per heavy atom. The number of fused-ring (bicyclic) bond motifs is 1. The lowest BCUT2D eigenvalue weighted by Gasteiger charge is -2.59. The molecule has 0 amide bonds. The summed E-state index contributed by atoms with van der Waals surface area (Å²) in [5, 5.41) is 0. The van der Waals surface area contributed by atoms with Gasteiger partial charge in [0.1, 0.15) is 6.10 Å². The first-order valence-corrected chi connectivity index (χ1v) is 11.0. The van der Waals surface area contributed by atoms with Crippen molar-refractivity contribution in [2.24, 2.45) is 28.6 Å². The average Bonchev–Trinajstić information content (AvgIpc) is 2.56. The van der Waals surface area contributed by atoms with Crippen LogP contribution in [-0.4, -0.2) is 24.6 Å². The number of rotatable bonds is 7. The third-order valence-electron chi connectivity index (χ3n) is 7.66. The molecule has 2 rings (SSSR count). The Labute approximate surface area is 171 Å². The lowest BCUT2D eigenvalue weighted by Crippen LogP contribution is -2.55. The molecule has 0 bridgehead atoms. The van der Waals surface area contributed by atoms with E-state index in [4.69, 9.17) is 9.47 Å². The first-order valence-electron chi connectivity index (χ1n) is 11.0. The summed E-state index contributed by atoms with van der Waals surface area (Å²) in [5.74, 6) is 1.27. The van der Waals surface area contributed by atoms with Crippen molar-refractivity contribution in [2.75, 3.05) is 6.61 Å². The highest BCUT2D eigenvalue weighted by Gasteiger charge is 2.56. The fraction of sp³-hybridized carbons (Fsp3) is 0.833. The number of allylic oxidation sites excluding steroid dienone is 2. The van der Waals surface area contributed by atoms with Gasteiger partial charge in [-0.15, -0.1) is 0 Å². The molecule has 2 aliphatic carbocycles. The largest absolute Gasteiger partial charge is 0.466 e. The first kappa shape index (κ1) is 23.0. The summed E-state index contributed by atoms with van der Waals surface area (Å²) in [6, 6.07) is 0. The van der Waals surface area contributed by atoms with Gasteiger partial charge < -0.3 is 9.47 Å². The fourth-order valence-corrected chi connectivity index (χ4v) is 5.99. The number of ether oxygens (including phenoxy) is 2. The highest BCUT2D eigenvalue weighted by atomic mass is 16.5. The maximum Gasteiger partial charge on any atom is 0.302 e. The molecule has 1 unspecified atom stereocenters. The van der Waals surface area contributed by atoms with Crippen molar-refractivity contribution < 1.29 is 19.1 Å². The number of carbonyl (C=O) groups is 2. The first-order chi connectivity index (χ1) is 13.0. The second kappa shape index (κ2) is 9.00. The quantitative estimate of drug-likeness (QED) is 0.412. The molecule has 0 saturated heterocycles. The molecule has 0 N–H and O–H groups in total. The van der Waals surface area contributed by atoms with Crippen LogP contribution in [0.1, 0.15) is 87.0 Å². The van der Waals surface area contributed by atoms with Crippen molar-refractivity contribution in [3.63, 3.8) is 0 Å². The van der Waals surface area contributed by atoms with Crippen LogP contribution in [-0.2, 0) is 19.1 Å². The van der Waals surface area contributed by atoms with Crippen LogP contribution in [0.25, 0.3) is 0 Å². The lowest BCUT2D eigenvalue weighted by molar-refractivity contribution is -0.171. The second-order valence-corrected chi connectivity index (χ2v) is 10.1. The van der Waals surface area contributed by atoms with Crippen LogP contribution < -0.4 is 0 Å². The van der Waals surface area contributed by atoms with Gasteiger partial charge in [0.2, 0.25) is 0 Å². The second-order valence-electron chi connectivity index (χ2n) is 10.1. The molecular weight excluding hydrogens is 352 g/mol. The van der Waals surface area contributed by atoms with E-state index >= 15 is 0 Å². The Bertz CT molecular complexity index is 606. The van der Waals surface area contributed by atoms with Crippen LogP contribution in [0.15, 0.2) is 11.6 Å². The summed E-state index contributed by atoms with van der Waals surface area (Å²) in [4.78, 5) is 22.6. The molecule has 2 aliphatic rings. The molecule has 0 aliphatic heterocycles. The molecule has 0 aromatic carbocycles. The van der Waals surface area contributed by atoms with Crippen LogP contribution in [0.5, 0.6) is 0 Å². The van der Waals surface area contributed by atoms with Gasteiger partial charge in [-0.1, -0.05) is 39.3 Å². The normalized spacial score (nSPS) is 32.7. The van der Waals surface area contributed by atoms with Gasteiger partial charge in [0, 0.05) is 19.3 Å². The number of esters is 2. The Balaban J connectivity index is 2.08. The van der Waals surface area contributed by atoms with E-state index in [1.807, 2.05) is 0 Å². The molecule has 4 heteroatoms. The van der Waals surface area contributed by atoms with Crippen molar-refractivity contribution >= 4 is 11.9 Å². The highest BCUT2D eigenvalue weighted by molar-refractivity contribution is 5.66. The maximum atomic E-state index is 11.6. The molecule has 0 aromatic rings. The van der Waals surface area contributed by atoms with Crippen molar-refractivity contribution in [3.8, 4) is 0 Å². The minimum atomic E-state index is -0.194. The zero-order chi connectivity index (χ0) is 21.1. The molecule has 1 saturated carbocycles. The van der Waals surface area contributed by atoms with Gasteiger partial charge in [-0.3, -0.25) is 9.59 Å². The van der Waals surface area contributed by atoms with E-state index in [-0.39, 0.29) is 28.9 Å². The van der Waals surface area contributed by atoms with Gasteiger partial charge in [-0.2, -0.15) is 0 Å². The molecule has 4 nitrogen and oxygen atoms in total. The van der Waals surface area contributed by atoms with Crippen LogP contribution >= 0.6 is 0 Å². The van der Waals surface area contributed by atoms with Crippen molar-refractivity contribution in [1.82, 2.24) is 0 Å². The van der Waals surface area contributed by atoms with Gasteiger partial charge in [0.25, 0.3) is 0 Å². The molecule has 160 valence electrons. The van der Waals surface area contributed by atoms with E-state index in [2.05, 4.69) is 40.7 Å². The summed E-state index contributed by atoms with van der Waals surface area (Å²) in [6.07, 6.45) is 8.82. The topological polar surface area (TPSA) is 52.6 Å². The maximum absolute atomic E-state index is 11.6. The van der Waals surface area contributed by atoms with Crippen LogP contribution in [0.2, 0.25) is 0 Å². The predicted molar refractivity (Wildman–Crippen MR) is 112 cm³/mol. The predicted octanol–water partition coefficient (Wildman–Crippen LogP) is 5.70. The summed E-state index contributed by atoms with van der Waals surface area (Å²) in [7, 11) is 0. The zero-order valence-corrected chi connectivity index (χ0v) is 19.0. The van der Waals surface area contributed by atoms with Crippen LogP contribution in [0.3, 0.4) is 0 Å². The molecule has 0 aromatic heterocycles. The van der Waals surface area contributed by atoms with Crippen molar-refractivity contribution in [2.45, 2.75) is 93.1 Å². The zero-order valence-electron chi connectivity index (χ0n) is 19.0. The number of hydrogen-bond acceptors (Lipinski definition) is 4. The number of carbonyl (C=O) groups excluding carboxylic acids is 2. The third kappa shape index (κ3) is 4.99. The van der Waals surface area contributed by atoms with Gasteiger partial charge in [-0.25, -0.2) is 0 Å².